The van der Waals surface area contributed by atoms with Gasteiger partial charge < -0.3 is 15.0 Å². The van der Waals surface area contributed by atoms with E-state index < -0.39 is 0 Å². The van der Waals surface area contributed by atoms with E-state index in [4.69, 9.17) is 4.74 Å². The van der Waals surface area contributed by atoms with Crippen molar-refractivity contribution in [3.8, 4) is 28.5 Å². The highest BCUT2D eigenvalue weighted by atomic mass is 19.1. The summed E-state index contributed by atoms with van der Waals surface area (Å²) >= 11 is 0. The normalized spacial score (nSPS) is 12.0. The maximum absolute atomic E-state index is 13.4. The number of halogens is 1. The maximum Gasteiger partial charge on any atom is 0.255 e. The van der Waals surface area contributed by atoms with Crippen molar-refractivity contribution >= 4 is 16.7 Å². The van der Waals surface area contributed by atoms with Crippen LogP contribution in [0.2, 0.25) is 0 Å². The van der Waals surface area contributed by atoms with Crippen LogP contribution >= 0.6 is 0 Å². The number of hydrogen-bond acceptors (Lipinski definition) is 4. The van der Waals surface area contributed by atoms with Gasteiger partial charge in [0.2, 0.25) is 0 Å². The number of imidazole rings is 1. The molecule has 5 rings (SSSR count). The molecule has 0 radical (unpaired) electrons. The molecule has 1 amide bonds. The zero-order valence-corrected chi connectivity index (χ0v) is 21.5. The molecule has 5 aromatic rings. The lowest BCUT2D eigenvalue weighted by Gasteiger charge is -2.18. The molecule has 0 spiro atoms. The van der Waals surface area contributed by atoms with E-state index in [1.165, 1.54) is 12.1 Å². The molecule has 0 aliphatic rings. The Bertz CT molecular complexity index is 1580. The maximum atomic E-state index is 13.4. The number of amides is 1. The summed E-state index contributed by atoms with van der Waals surface area (Å²) in [4.78, 5) is 25.8. The third-order valence-electron chi connectivity index (χ3n) is 6.27. The number of rotatable bonds is 8. The third-order valence-corrected chi connectivity index (χ3v) is 6.27. The third kappa shape index (κ3) is 5.57. The number of aromatic amines is 1. The first kappa shape index (κ1) is 25.1. The standard InChI is InChI=1S/C31H29FN4O2/c1-19(2)18-38-29-13-10-23(14-26(29)31(37)35-20(3)21-8-11-25(32)12-9-21)28-17-34-30(36-28)27-15-22-6-4-5-7-24(22)16-33-27/h4-17,19-20H,18H2,1-3H3,(H,34,36)(H,35,37). The number of carbonyl (C=O) groups is 1. The number of pyridine rings is 1. The molecule has 0 aliphatic heterocycles. The van der Waals surface area contributed by atoms with Crippen molar-refractivity contribution in [1.82, 2.24) is 20.3 Å². The zero-order valence-electron chi connectivity index (χ0n) is 21.5. The molecule has 2 aromatic heterocycles. The van der Waals surface area contributed by atoms with Gasteiger partial charge in [0.1, 0.15) is 17.3 Å². The fourth-order valence-corrected chi connectivity index (χ4v) is 4.18. The highest BCUT2D eigenvalue weighted by molar-refractivity contribution is 5.98. The van der Waals surface area contributed by atoms with Crippen molar-refractivity contribution in [2.45, 2.75) is 26.8 Å². The van der Waals surface area contributed by atoms with E-state index in [0.29, 0.717) is 29.7 Å². The van der Waals surface area contributed by atoms with Crippen LogP contribution in [0, 0.1) is 11.7 Å². The largest absolute Gasteiger partial charge is 0.492 e. The Morgan fingerprint density at radius 1 is 0.947 bits per heavy atom. The topological polar surface area (TPSA) is 79.9 Å². The van der Waals surface area contributed by atoms with E-state index in [9.17, 15) is 9.18 Å². The average molecular weight is 509 g/mol. The summed E-state index contributed by atoms with van der Waals surface area (Å²) in [7, 11) is 0. The van der Waals surface area contributed by atoms with Crippen LogP contribution < -0.4 is 10.1 Å². The van der Waals surface area contributed by atoms with Crippen LogP contribution in [-0.4, -0.2) is 27.5 Å². The van der Waals surface area contributed by atoms with Crippen molar-refractivity contribution in [3.05, 3.63) is 102 Å². The Balaban J connectivity index is 1.44. The monoisotopic (exact) mass is 508 g/mol. The van der Waals surface area contributed by atoms with E-state index in [1.807, 2.05) is 55.6 Å². The summed E-state index contributed by atoms with van der Waals surface area (Å²) in [6, 6.07) is 21.3. The second kappa shape index (κ2) is 10.8. The minimum Gasteiger partial charge on any atom is -0.492 e. The Morgan fingerprint density at radius 2 is 1.71 bits per heavy atom. The molecule has 1 unspecified atom stereocenters. The number of hydrogen-bond donors (Lipinski definition) is 2. The molecule has 38 heavy (non-hydrogen) atoms. The summed E-state index contributed by atoms with van der Waals surface area (Å²) in [5.74, 6) is 0.845. The van der Waals surface area contributed by atoms with Crippen molar-refractivity contribution < 1.29 is 13.9 Å². The first-order valence-corrected chi connectivity index (χ1v) is 12.6. The van der Waals surface area contributed by atoms with E-state index >= 15 is 0 Å². The van der Waals surface area contributed by atoms with Crippen LogP contribution in [0.15, 0.2) is 85.2 Å². The Hall–Kier alpha value is -4.52. The van der Waals surface area contributed by atoms with Gasteiger partial charge in [-0.05, 0) is 60.2 Å². The highest BCUT2D eigenvalue weighted by Crippen LogP contribution is 2.29. The first-order chi connectivity index (χ1) is 18.4. The molecule has 6 nitrogen and oxygen atoms in total. The molecule has 2 N–H and O–H groups in total. The Labute approximate surface area is 220 Å². The lowest BCUT2D eigenvalue weighted by atomic mass is 10.0. The van der Waals surface area contributed by atoms with Crippen LogP contribution in [0.4, 0.5) is 4.39 Å². The van der Waals surface area contributed by atoms with Gasteiger partial charge in [-0.3, -0.25) is 9.78 Å². The summed E-state index contributed by atoms with van der Waals surface area (Å²) in [6.45, 7) is 6.45. The van der Waals surface area contributed by atoms with Crippen molar-refractivity contribution in [2.75, 3.05) is 6.61 Å². The highest BCUT2D eigenvalue weighted by Gasteiger charge is 2.19. The molecular formula is C31H29FN4O2. The van der Waals surface area contributed by atoms with Crippen LogP contribution in [0.25, 0.3) is 33.5 Å². The van der Waals surface area contributed by atoms with Crippen molar-refractivity contribution in [1.29, 1.82) is 0 Å². The smallest absolute Gasteiger partial charge is 0.255 e. The number of fused-ring (bicyclic) bond motifs is 1. The summed E-state index contributed by atoms with van der Waals surface area (Å²) in [5.41, 5.74) is 3.50. The number of carbonyl (C=O) groups excluding carboxylic acids is 1. The SMILES string of the molecule is CC(C)COc1ccc(-c2cnc(-c3cc4ccccc4cn3)[nH]2)cc1C(=O)NC(C)c1ccc(F)cc1. The molecule has 1 atom stereocenters. The zero-order chi connectivity index (χ0) is 26.6. The molecule has 3 aromatic carbocycles. The van der Waals surface area contributed by atoms with Gasteiger partial charge >= 0.3 is 0 Å². The molecule has 0 aliphatic carbocycles. The predicted molar refractivity (Wildman–Crippen MR) is 147 cm³/mol. The summed E-state index contributed by atoms with van der Waals surface area (Å²) in [6.07, 6.45) is 3.57. The second-order valence-corrected chi connectivity index (χ2v) is 9.72. The van der Waals surface area contributed by atoms with Gasteiger partial charge in [-0.1, -0.05) is 50.2 Å². The minimum atomic E-state index is -0.317. The van der Waals surface area contributed by atoms with Gasteiger partial charge in [-0.2, -0.15) is 0 Å². The lowest BCUT2D eigenvalue weighted by Crippen LogP contribution is -2.27. The average Bonchev–Trinajstić information content (AvgIpc) is 3.42. The van der Waals surface area contributed by atoms with Gasteiger partial charge in [0.05, 0.1) is 30.1 Å². The van der Waals surface area contributed by atoms with E-state index in [2.05, 4.69) is 34.1 Å². The fourth-order valence-electron chi connectivity index (χ4n) is 4.18. The number of benzene rings is 3. The van der Waals surface area contributed by atoms with Gasteiger partial charge in [-0.15, -0.1) is 0 Å². The van der Waals surface area contributed by atoms with Gasteiger partial charge in [-0.25, -0.2) is 9.37 Å². The van der Waals surface area contributed by atoms with Crippen LogP contribution in [-0.2, 0) is 0 Å². The minimum absolute atomic E-state index is 0.279. The van der Waals surface area contributed by atoms with Gasteiger partial charge in [0.15, 0.2) is 5.82 Å². The molecule has 0 saturated heterocycles. The quantitative estimate of drug-likeness (QED) is 0.238. The van der Waals surface area contributed by atoms with Crippen LogP contribution in [0.3, 0.4) is 0 Å². The molecule has 7 heteroatoms. The van der Waals surface area contributed by atoms with Crippen LogP contribution in [0.5, 0.6) is 5.75 Å². The molecule has 192 valence electrons. The molecule has 0 bridgehead atoms. The predicted octanol–water partition coefficient (Wildman–Crippen LogP) is 6.96. The fraction of sp³-hybridized carbons (Fsp3) is 0.194. The van der Waals surface area contributed by atoms with E-state index in [0.717, 1.165) is 33.3 Å². The number of aromatic nitrogens is 3. The Morgan fingerprint density at radius 3 is 2.47 bits per heavy atom. The Kier molecular flexibility index (Phi) is 7.18. The number of nitrogens with one attached hydrogen (secondary N) is 2. The summed E-state index contributed by atoms with van der Waals surface area (Å²) in [5, 5.41) is 5.15. The van der Waals surface area contributed by atoms with Crippen molar-refractivity contribution in [3.63, 3.8) is 0 Å². The van der Waals surface area contributed by atoms with E-state index in [1.54, 1.807) is 24.4 Å². The second-order valence-electron chi connectivity index (χ2n) is 9.72. The molecule has 0 fully saturated rings. The van der Waals surface area contributed by atoms with Gasteiger partial charge in [0, 0.05) is 17.1 Å². The van der Waals surface area contributed by atoms with Crippen molar-refractivity contribution in [2.24, 2.45) is 5.92 Å². The number of nitrogens with zero attached hydrogens (tertiary/aromatic N) is 2. The van der Waals surface area contributed by atoms with Crippen LogP contribution in [0.1, 0.15) is 42.7 Å². The first-order valence-electron chi connectivity index (χ1n) is 12.6. The lowest BCUT2D eigenvalue weighted by molar-refractivity contribution is 0.0935. The van der Waals surface area contributed by atoms with Gasteiger partial charge in [0.25, 0.3) is 5.91 Å². The van der Waals surface area contributed by atoms with E-state index in [-0.39, 0.29) is 17.8 Å². The number of ether oxygens (including phenoxy) is 1. The number of H-pyrrole nitrogens is 1. The molecular weight excluding hydrogens is 479 g/mol. The molecule has 0 saturated carbocycles. The molecule has 2 heterocycles. The summed E-state index contributed by atoms with van der Waals surface area (Å²) < 4.78 is 19.3.